The summed E-state index contributed by atoms with van der Waals surface area (Å²) in [6.45, 7) is 3.86. The molecule has 0 spiro atoms. The topological polar surface area (TPSA) is 72.3 Å². The first-order valence-electron chi connectivity index (χ1n) is 7.57. The third-order valence-electron chi connectivity index (χ3n) is 4.39. The Balaban J connectivity index is 2.16. The molecule has 0 saturated carbocycles. The van der Waals surface area contributed by atoms with Gasteiger partial charge in [0.2, 0.25) is 5.91 Å². The van der Waals surface area contributed by atoms with Gasteiger partial charge >= 0.3 is 0 Å². The Labute approximate surface area is 135 Å². The predicted octanol–water partition coefficient (Wildman–Crippen LogP) is 2.42. The number of likely N-dealkylation sites (tertiary alicyclic amines) is 1. The lowest BCUT2D eigenvalue weighted by Gasteiger charge is -2.39. The lowest BCUT2D eigenvalue weighted by atomic mass is 9.90. The van der Waals surface area contributed by atoms with Gasteiger partial charge in [0.15, 0.2) is 0 Å². The molecule has 21 heavy (non-hydrogen) atoms. The Morgan fingerprint density at radius 3 is 2.62 bits per heavy atom. The summed E-state index contributed by atoms with van der Waals surface area (Å²) >= 11 is 3.53. The Bertz CT molecular complexity index is 486. The molecule has 2 rings (SSSR count). The lowest BCUT2D eigenvalue weighted by molar-refractivity contribution is -0.123. The zero-order chi connectivity index (χ0) is 15.4. The smallest absolute Gasteiger partial charge is 0.220 e. The Hall–Kier alpha value is -0.910. The van der Waals surface area contributed by atoms with E-state index in [1.54, 1.807) is 0 Å². The van der Waals surface area contributed by atoms with Crippen LogP contribution in [-0.4, -0.2) is 29.9 Å². The maximum absolute atomic E-state index is 11.3. The number of carbonyl (C=O) groups is 1. The van der Waals surface area contributed by atoms with Crippen molar-refractivity contribution in [2.24, 2.45) is 17.4 Å². The minimum absolute atomic E-state index is 0.0160. The van der Waals surface area contributed by atoms with E-state index in [0.717, 1.165) is 36.8 Å². The number of amides is 1. The Morgan fingerprint density at radius 1 is 1.43 bits per heavy atom. The van der Waals surface area contributed by atoms with Crippen molar-refractivity contribution in [1.82, 2.24) is 4.90 Å². The molecule has 0 aromatic heterocycles. The molecule has 1 amide bonds. The van der Waals surface area contributed by atoms with Crippen LogP contribution >= 0.6 is 15.9 Å². The molecule has 2 atom stereocenters. The number of primary amides is 1. The van der Waals surface area contributed by atoms with Gasteiger partial charge in [0.25, 0.3) is 0 Å². The highest BCUT2D eigenvalue weighted by molar-refractivity contribution is 9.10. The van der Waals surface area contributed by atoms with Crippen LogP contribution in [0.15, 0.2) is 28.7 Å². The molecule has 1 heterocycles. The molecule has 1 aromatic carbocycles. The maximum atomic E-state index is 11.3. The van der Waals surface area contributed by atoms with Crippen molar-refractivity contribution in [2.45, 2.75) is 38.3 Å². The molecule has 1 aliphatic heterocycles. The van der Waals surface area contributed by atoms with Crippen molar-refractivity contribution >= 4 is 21.8 Å². The first-order chi connectivity index (χ1) is 10.0. The zero-order valence-electron chi connectivity index (χ0n) is 12.5. The third-order valence-corrected chi connectivity index (χ3v) is 4.89. The van der Waals surface area contributed by atoms with Crippen LogP contribution in [0.5, 0.6) is 0 Å². The van der Waals surface area contributed by atoms with E-state index in [9.17, 15) is 4.79 Å². The highest BCUT2D eigenvalue weighted by Gasteiger charge is 2.31. The number of hydrogen-bond donors (Lipinski definition) is 2. The summed E-state index contributed by atoms with van der Waals surface area (Å²) in [6, 6.07) is 8.62. The molecular weight excluding hydrogens is 330 g/mol. The van der Waals surface area contributed by atoms with Gasteiger partial charge < -0.3 is 11.5 Å². The standard InChI is InChI=1S/C16H24BrN3O/c1-2-14(18)15(12-4-3-5-13(17)10-12)20-8-6-11(7-9-20)16(19)21/h3-5,10-11,14-15H,2,6-9,18H2,1H3,(H2,19,21). The number of nitrogens with two attached hydrogens (primary N) is 2. The largest absolute Gasteiger partial charge is 0.369 e. The number of nitrogens with zero attached hydrogens (tertiary/aromatic N) is 1. The van der Waals surface area contributed by atoms with E-state index < -0.39 is 0 Å². The van der Waals surface area contributed by atoms with E-state index in [2.05, 4.69) is 39.9 Å². The molecule has 4 nitrogen and oxygen atoms in total. The van der Waals surface area contributed by atoms with E-state index in [1.165, 1.54) is 5.56 Å². The van der Waals surface area contributed by atoms with Crippen molar-refractivity contribution in [3.8, 4) is 0 Å². The van der Waals surface area contributed by atoms with Crippen LogP contribution in [0.25, 0.3) is 0 Å². The lowest BCUT2D eigenvalue weighted by Crippen LogP contribution is -2.46. The summed E-state index contributed by atoms with van der Waals surface area (Å²) in [7, 11) is 0. The van der Waals surface area contributed by atoms with Crippen LogP contribution in [0, 0.1) is 5.92 Å². The van der Waals surface area contributed by atoms with Crippen LogP contribution in [0.1, 0.15) is 37.8 Å². The molecule has 1 aliphatic rings. The molecular formula is C16H24BrN3O. The van der Waals surface area contributed by atoms with Gasteiger partial charge in [-0.3, -0.25) is 9.69 Å². The highest BCUT2D eigenvalue weighted by Crippen LogP contribution is 2.31. The van der Waals surface area contributed by atoms with Crippen molar-refractivity contribution in [3.63, 3.8) is 0 Å². The highest BCUT2D eigenvalue weighted by atomic mass is 79.9. The number of hydrogen-bond acceptors (Lipinski definition) is 3. The summed E-state index contributed by atoms with van der Waals surface area (Å²) in [5, 5.41) is 0. The van der Waals surface area contributed by atoms with Crippen molar-refractivity contribution < 1.29 is 4.79 Å². The number of piperidine rings is 1. The molecule has 1 aromatic rings. The van der Waals surface area contributed by atoms with Gasteiger partial charge in [-0.15, -0.1) is 0 Å². The third kappa shape index (κ3) is 4.05. The molecule has 4 N–H and O–H groups in total. The van der Waals surface area contributed by atoms with Crippen LogP contribution in [0.3, 0.4) is 0 Å². The van der Waals surface area contributed by atoms with Crippen LogP contribution in [-0.2, 0) is 4.79 Å². The van der Waals surface area contributed by atoms with Gasteiger partial charge in [-0.2, -0.15) is 0 Å². The van der Waals surface area contributed by atoms with Gasteiger partial charge in [0.1, 0.15) is 0 Å². The first-order valence-corrected chi connectivity index (χ1v) is 8.36. The summed E-state index contributed by atoms with van der Waals surface area (Å²) < 4.78 is 1.07. The molecule has 1 saturated heterocycles. The molecule has 116 valence electrons. The summed E-state index contributed by atoms with van der Waals surface area (Å²) in [4.78, 5) is 13.7. The molecule has 0 radical (unpaired) electrons. The Kier molecular flexibility index (Phi) is 5.79. The quantitative estimate of drug-likeness (QED) is 0.853. The fourth-order valence-corrected chi connectivity index (χ4v) is 3.52. The zero-order valence-corrected chi connectivity index (χ0v) is 14.1. The number of benzene rings is 1. The molecule has 0 aliphatic carbocycles. The molecule has 5 heteroatoms. The normalized spacial score (nSPS) is 20.1. The van der Waals surface area contributed by atoms with Gasteiger partial charge in [-0.05, 0) is 50.0 Å². The minimum Gasteiger partial charge on any atom is -0.369 e. The van der Waals surface area contributed by atoms with E-state index >= 15 is 0 Å². The number of carbonyl (C=O) groups excluding carboxylic acids is 1. The van der Waals surface area contributed by atoms with Gasteiger partial charge in [0, 0.05) is 22.5 Å². The predicted molar refractivity (Wildman–Crippen MR) is 88.6 cm³/mol. The maximum Gasteiger partial charge on any atom is 0.220 e. The van der Waals surface area contributed by atoms with Crippen LogP contribution in [0.4, 0.5) is 0 Å². The van der Waals surface area contributed by atoms with E-state index in [-0.39, 0.29) is 23.9 Å². The van der Waals surface area contributed by atoms with E-state index in [1.807, 2.05) is 12.1 Å². The monoisotopic (exact) mass is 353 g/mol. The average molecular weight is 354 g/mol. The summed E-state index contributed by atoms with van der Waals surface area (Å²) in [5.41, 5.74) is 13.0. The fraction of sp³-hybridized carbons (Fsp3) is 0.562. The van der Waals surface area contributed by atoms with Crippen LogP contribution in [0.2, 0.25) is 0 Å². The van der Waals surface area contributed by atoms with Crippen LogP contribution < -0.4 is 11.5 Å². The van der Waals surface area contributed by atoms with Crippen molar-refractivity contribution in [3.05, 3.63) is 34.3 Å². The van der Waals surface area contributed by atoms with Gasteiger partial charge in [-0.25, -0.2) is 0 Å². The van der Waals surface area contributed by atoms with Crippen molar-refractivity contribution in [1.29, 1.82) is 0 Å². The fourth-order valence-electron chi connectivity index (χ4n) is 3.10. The van der Waals surface area contributed by atoms with E-state index in [4.69, 9.17) is 11.5 Å². The van der Waals surface area contributed by atoms with E-state index in [0.29, 0.717) is 0 Å². The van der Waals surface area contributed by atoms with Gasteiger partial charge in [-0.1, -0.05) is 35.0 Å². The van der Waals surface area contributed by atoms with Gasteiger partial charge in [0.05, 0.1) is 0 Å². The SMILES string of the molecule is CCC(N)C(c1cccc(Br)c1)N1CCC(C(N)=O)CC1. The second kappa shape index (κ2) is 7.38. The molecule has 0 bridgehead atoms. The molecule has 1 fully saturated rings. The minimum atomic E-state index is -0.173. The number of rotatable bonds is 5. The molecule has 2 unspecified atom stereocenters. The summed E-state index contributed by atoms with van der Waals surface area (Å²) in [6.07, 6.45) is 2.58. The number of halogens is 1. The Morgan fingerprint density at radius 2 is 2.10 bits per heavy atom. The first kappa shape index (κ1) is 16.5. The second-order valence-electron chi connectivity index (χ2n) is 5.78. The second-order valence-corrected chi connectivity index (χ2v) is 6.70. The van der Waals surface area contributed by atoms with Crippen molar-refractivity contribution in [2.75, 3.05) is 13.1 Å². The average Bonchev–Trinajstić information content (AvgIpc) is 2.48. The summed E-state index contributed by atoms with van der Waals surface area (Å²) in [5.74, 6) is -0.157.